The number of benzene rings is 3. The number of carbonyl (C=O) groups excluding carboxylic acids is 2. The van der Waals surface area contributed by atoms with Crippen molar-refractivity contribution in [3.05, 3.63) is 88.4 Å². The molecule has 0 saturated carbocycles. The standard InChI is InChI=1S/C23H20ClNO5/c1-28-21-12-16(8-11-20(21)30-14-15-6-4-3-5-7-15)22(26)25-17-9-10-19(24)18(13-17)23(27)29-2/h3-13H,14H2,1-2H3,(H,25,26). The molecule has 6 nitrogen and oxygen atoms in total. The lowest BCUT2D eigenvalue weighted by molar-refractivity contribution is 0.0600. The molecule has 0 saturated heterocycles. The summed E-state index contributed by atoms with van der Waals surface area (Å²) in [7, 11) is 2.77. The Kier molecular flexibility index (Phi) is 6.93. The van der Waals surface area contributed by atoms with Crippen LogP contribution < -0.4 is 14.8 Å². The largest absolute Gasteiger partial charge is 0.493 e. The van der Waals surface area contributed by atoms with E-state index in [0.29, 0.717) is 29.4 Å². The van der Waals surface area contributed by atoms with Gasteiger partial charge in [-0.3, -0.25) is 4.79 Å². The van der Waals surface area contributed by atoms with Crippen LogP contribution in [0.25, 0.3) is 0 Å². The zero-order chi connectivity index (χ0) is 21.5. The lowest BCUT2D eigenvalue weighted by Crippen LogP contribution is -2.13. The Morgan fingerprint density at radius 3 is 2.40 bits per heavy atom. The summed E-state index contributed by atoms with van der Waals surface area (Å²) in [4.78, 5) is 24.4. The van der Waals surface area contributed by atoms with Crippen LogP contribution in [-0.4, -0.2) is 26.1 Å². The van der Waals surface area contributed by atoms with Crippen molar-refractivity contribution in [1.82, 2.24) is 0 Å². The van der Waals surface area contributed by atoms with Gasteiger partial charge in [0.05, 0.1) is 24.8 Å². The number of anilines is 1. The highest BCUT2D eigenvalue weighted by Crippen LogP contribution is 2.29. The normalized spacial score (nSPS) is 10.2. The predicted octanol–water partition coefficient (Wildman–Crippen LogP) is 4.97. The lowest BCUT2D eigenvalue weighted by atomic mass is 10.1. The number of esters is 1. The van der Waals surface area contributed by atoms with Gasteiger partial charge < -0.3 is 19.5 Å². The van der Waals surface area contributed by atoms with E-state index in [0.717, 1.165) is 5.56 Å². The highest BCUT2D eigenvalue weighted by molar-refractivity contribution is 6.33. The summed E-state index contributed by atoms with van der Waals surface area (Å²) in [5, 5.41) is 2.97. The van der Waals surface area contributed by atoms with Crippen molar-refractivity contribution in [3.63, 3.8) is 0 Å². The van der Waals surface area contributed by atoms with Crippen molar-refractivity contribution in [3.8, 4) is 11.5 Å². The fraction of sp³-hybridized carbons (Fsp3) is 0.130. The summed E-state index contributed by atoms with van der Waals surface area (Å²) in [5.41, 5.74) is 1.96. The van der Waals surface area contributed by atoms with Crippen LogP contribution in [0, 0.1) is 0 Å². The van der Waals surface area contributed by atoms with Gasteiger partial charge in [0.1, 0.15) is 6.61 Å². The van der Waals surface area contributed by atoms with Gasteiger partial charge in [-0.15, -0.1) is 0 Å². The van der Waals surface area contributed by atoms with Gasteiger partial charge >= 0.3 is 5.97 Å². The first kappa shape index (κ1) is 21.2. The van der Waals surface area contributed by atoms with Gasteiger partial charge in [0.25, 0.3) is 5.91 Å². The Morgan fingerprint density at radius 2 is 1.70 bits per heavy atom. The molecule has 0 fully saturated rings. The first-order chi connectivity index (χ1) is 14.5. The van der Waals surface area contributed by atoms with Crippen LogP contribution in [0.1, 0.15) is 26.3 Å². The van der Waals surface area contributed by atoms with Crippen LogP contribution in [0.4, 0.5) is 5.69 Å². The van der Waals surface area contributed by atoms with Gasteiger partial charge in [0.15, 0.2) is 11.5 Å². The van der Waals surface area contributed by atoms with Gasteiger partial charge in [0, 0.05) is 11.3 Å². The molecule has 3 aromatic carbocycles. The Balaban J connectivity index is 1.74. The number of halogens is 1. The van der Waals surface area contributed by atoms with Crippen molar-refractivity contribution >= 4 is 29.2 Å². The second-order valence-corrected chi connectivity index (χ2v) is 6.69. The van der Waals surface area contributed by atoms with E-state index in [4.69, 9.17) is 25.8 Å². The maximum Gasteiger partial charge on any atom is 0.339 e. The molecular weight excluding hydrogens is 406 g/mol. The molecule has 7 heteroatoms. The number of rotatable bonds is 7. The number of hydrogen-bond donors (Lipinski definition) is 1. The molecule has 0 aliphatic heterocycles. The smallest absolute Gasteiger partial charge is 0.339 e. The summed E-state index contributed by atoms with van der Waals surface area (Å²) in [6, 6.07) is 19.2. The van der Waals surface area contributed by atoms with Crippen LogP contribution in [-0.2, 0) is 11.3 Å². The molecule has 0 aliphatic rings. The molecule has 3 rings (SSSR count). The van der Waals surface area contributed by atoms with E-state index in [2.05, 4.69) is 5.32 Å². The van der Waals surface area contributed by atoms with E-state index in [1.54, 1.807) is 24.3 Å². The first-order valence-corrected chi connectivity index (χ1v) is 9.43. The van der Waals surface area contributed by atoms with E-state index in [9.17, 15) is 9.59 Å². The predicted molar refractivity (Wildman–Crippen MR) is 115 cm³/mol. The fourth-order valence-corrected chi connectivity index (χ4v) is 2.93. The Hall–Kier alpha value is -3.51. The van der Waals surface area contributed by atoms with E-state index in [1.165, 1.54) is 26.4 Å². The maximum atomic E-state index is 12.7. The molecule has 0 radical (unpaired) electrons. The number of nitrogens with one attached hydrogen (secondary N) is 1. The molecule has 0 unspecified atom stereocenters. The molecule has 30 heavy (non-hydrogen) atoms. The monoisotopic (exact) mass is 425 g/mol. The topological polar surface area (TPSA) is 73.9 Å². The molecule has 3 aromatic rings. The Bertz CT molecular complexity index is 1050. The van der Waals surface area contributed by atoms with E-state index in [1.807, 2.05) is 30.3 Å². The van der Waals surface area contributed by atoms with E-state index in [-0.39, 0.29) is 16.5 Å². The summed E-state index contributed by atoms with van der Waals surface area (Å²) in [6.45, 7) is 0.379. The molecule has 1 N–H and O–H groups in total. The molecule has 154 valence electrons. The molecule has 0 aliphatic carbocycles. The van der Waals surface area contributed by atoms with Gasteiger partial charge in [-0.05, 0) is 42.0 Å². The molecule has 0 spiro atoms. The van der Waals surface area contributed by atoms with Crippen LogP contribution >= 0.6 is 11.6 Å². The molecular formula is C23H20ClNO5. The third-order valence-electron chi connectivity index (χ3n) is 4.29. The average molecular weight is 426 g/mol. The van der Waals surface area contributed by atoms with Crippen molar-refractivity contribution in [2.75, 3.05) is 19.5 Å². The number of carbonyl (C=O) groups is 2. The summed E-state index contributed by atoms with van der Waals surface area (Å²) < 4.78 is 15.9. The minimum absolute atomic E-state index is 0.166. The molecule has 0 bridgehead atoms. The highest BCUT2D eigenvalue weighted by atomic mass is 35.5. The van der Waals surface area contributed by atoms with Gasteiger partial charge in [0.2, 0.25) is 0 Å². The van der Waals surface area contributed by atoms with Crippen LogP contribution in [0.5, 0.6) is 11.5 Å². The Labute approximate surface area is 179 Å². The first-order valence-electron chi connectivity index (χ1n) is 9.06. The van der Waals surface area contributed by atoms with Gasteiger partial charge in [-0.25, -0.2) is 4.79 Å². The molecule has 0 aromatic heterocycles. The van der Waals surface area contributed by atoms with E-state index < -0.39 is 5.97 Å². The summed E-state index contributed by atoms with van der Waals surface area (Å²) >= 11 is 6.01. The maximum absolute atomic E-state index is 12.7. The van der Waals surface area contributed by atoms with Crippen molar-refractivity contribution in [2.24, 2.45) is 0 Å². The number of methoxy groups -OCH3 is 2. The molecule has 0 atom stereocenters. The van der Waals surface area contributed by atoms with Crippen molar-refractivity contribution in [2.45, 2.75) is 6.61 Å². The zero-order valence-electron chi connectivity index (χ0n) is 16.5. The number of amides is 1. The SMILES string of the molecule is COC(=O)c1cc(NC(=O)c2ccc(OCc3ccccc3)c(OC)c2)ccc1Cl. The van der Waals surface area contributed by atoms with Crippen LogP contribution in [0.2, 0.25) is 5.02 Å². The van der Waals surface area contributed by atoms with Crippen LogP contribution in [0.3, 0.4) is 0 Å². The van der Waals surface area contributed by atoms with Crippen molar-refractivity contribution in [1.29, 1.82) is 0 Å². The highest BCUT2D eigenvalue weighted by Gasteiger charge is 2.15. The second kappa shape index (κ2) is 9.80. The van der Waals surface area contributed by atoms with Gasteiger partial charge in [-0.2, -0.15) is 0 Å². The molecule has 1 amide bonds. The quantitative estimate of drug-likeness (QED) is 0.541. The molecule has 0 heterocycles. The third kappa shape index (κ3) is 5.10. The minimum Gasteiger partial charge on any atom is -0.493 e. The average Bonchev–Trinajstić information content (AvgIpc) is 2.78. The minimum atomic E-state index is -0.585. The summed E-state index contributed by atoms with van der Waals surface area (Å²) in [6.07, 6.45) is 0. The fourth-order valence-electron chi connectivity index (χ4n) is 2.74. The van der Waals surface area contributed by atoms with E-state index >= 15 is 0 Å². The number of ether oxygens (including phenoxy) is 3. The third-order valence-corrected chi connectivity index (χ3v) is 4.62. The number of hydrogen-bond acceptors (Lipinski definition) is 5. The van der Waals surface area contributed by atoms with Gasteiger partial charge in [-0.1, -0.05) is 41.9 Å². The van der Waals surface area contributed by atoms with Crippen molar-refractivity contribution < 1.29 is 23.8 Å². The van der Waals surface area contributed by atoms with Crippen LogP contribution in [0.15, 0.2) is 66.7 Å². The lowest BCUT2D eigenvalue weighted by Gasteiger charge is -2.13. The summed E-state index contributed by atoms with van der Waals surface area (Å²) in [5.74, 6) is 0.000967. The Morgan fingerprint density at radius 1 is 0.933 bits per heavy atom. The zero-order valence-corrected chi connectivity index (χ0v) is 17.2. The second-order valence-electron chi connectivity index (χ2n) is 6.28.